The predicted molar refractivity (Wildman–Crippen MR) is 78.1 cm³/mol. The minimum Gasteiger partial charge on any atom is -0.305 e. The fourth-order valence-electron chi connectivity index (χ4n) is 2.54. The van der Waals surface area contributed by atoms with Gasteiger partial charge in [-0.05, 0) is 56.5 Å². The van der Waals surface area contributed by atoms with Gasteiger partial charge in [-0.25, -0.2) is 4.90 Å². The van der Waals surface area contributed by atoms with Gasteiger partial charge in [-0.2, -0.15) is 0 Å². The second kappa shape index (κ2) is 5.41. The molecule has 2 amide bonds. The van der Waals surface area contributed by atoms with Crippen LogP contribution in [0, 0.1) is 5.92 Å². The van der Waals surface area contributed by atoms with Crippen LogP contribution in [0.3, 0.4) is 0 Å². The van der Waals surface area contributed by atoms with E-state index in [2.05, 4.69) is 5.32 Å². The summed E-state index contributed by atoms with van der Waals surface area (Å²) in [7, 11) is 0. The topological polar surface area (TPSA) is 66.5 Å². The standard InChI is InChI=1S/C16H18N2O3/c1-10(19)12-4-6-13(7-5-12)18-15(20)8-14(16(18)21)17-9-11-2-3-11/h4-7,11,14,17H,2-3,8-9H2,1H3/t14-/m0/s1. The lowest BCUT2D eigenvalue weighted by atomic mass is 10.1. The van der Waals surface area contributed by atoms with Crippen molar-refractivity contribution >= 4 is 23.3 Å². The molecule has 5 nitrogen and oxygen atoms in total. The molecule has 21 heavy (non-hydrogen) atoms. The zero-order chi connectivity index (χ0) is 15.0. The van der Waals surface area contributed by atoms with Crippen LogP contribution in [0.5, 0.6) is 0 Å². The monoisotopic (exact) mass is 286 g/mol. The van der Waals surface area contributed by atoms with E-state index in [-0.39, 0.29) is 24.0 Å². The number of carbonyl (C=O) groups is 3. The van der Waals surface area contributed by atoms with Crippen LogP contribution in [0.4, 0.5) is 5.69 Å². The Morgan fingerprint density at radius 1 is 1.24 bits per heavy atom. The van der Waals surface area contributed by atoms with Gasteiger partial charge in [-0.15, -0.1) is 0 Å². The van der Waals surface area contributed by atoms with E-state index in [9.17, 15) is 14.4 Å². The molecule has 3 rings (SSSR count). The number of hydrogen-bond donors (Lipinski definition) is 1. The van der Waals surface area contributed by atoms with E-state index in [0.717, 1.165) is 6.54 Å². The summed E-state index contributed by atoms with van der Waals surface area (Å²) >= 11 is 0. The smallest absolute Gasteiger partial charge is 0.251 e. The molecular formula is C16H18N2O3. The Balaban J connectivity index is 1.72. The second-order valence-corrected chi connectivity index (χ2v) is 5.78. The van der Waals surface area contributed by atoms with Crippen LogP contribution < -0.4 is 10.2 Å². The molecule has 2 aliphatic rings. The molecule has 1 aromatic carbocycles. The number of ketones is 1. The number of benzene rings is 1. The van der Waals surface area contributed by atoms with Crippen LogP contribution in [0.1, 0.15) is 36.5 Å². The molecule has 1 saturated heterocycles. The lowest BCUT2D eigenvalue weighted by molar-refractivity contribution is -0.121. The highest BCUT2D eigenvalue weighted by Gasteiger charge is 2.39. The van der Waals surface area contributed by atoms with E-state index >= 15 is 0 Å². The SMILES string of the molecule is CC(=O)c1ccc(N2C(=O)C[C@H](NCC3CC3)C2=O)cc1. The Hall–Kier alpha value is -2.01. The number of nitrogens with zero attached hydrogens (tertiary/aromatic N) is 1. The summed E-state index contributed by atoms with van der Waals surface area (Å²) < 4.78 is 0. The number of rotatable bonds is 5. The van der Waals surface area contributed by atoms with Crippen molar-refractivity contribution in [3.8, 4) is 0 Å². The number of Topliss-reactive ketones (excluding diaryl/α,β-unsaturated/α-hetero) is 1. The fraction of sp³-hybridized carbons (Fsp3) is 0.438. The minimum atomic E-state index is -0.411. The largest absolute Gasteiger partial charge is 0.305 e. The maximum atomic E-state index is 12.3. The van der Waals surface area contributed by atoms with Gasteiger partial charge >= 0.3 is 0 Å². The fourth-order valence-corrected chi connectivity index (χ4v) is 2.54. The third kappa shape index (κ3) is 2.88. The van der Waals surface area contributed by atoms with Crippen molar-refractivity contribution < 1.29 is 14.4 Å². The Morgan fingerprint density at radius 2 is 1.90 bits per heavy atom. The van der Waals surface area contributed by atoms with Gasteiger partial charge in [0.15, 0.2) is 5.78 Å². The first-order valence-electron chi connectivity index (χ1n) is 7.27. The molecule has 1 saturated carbocycles. The summed E-state index contributed by atoms with van der Waals surface area (Å²) in [6, 6.07) is 6.17. The van der Waals surface area contributed by atoms with Crippen molar-refractivity contribution in [2.45, 2.75) is 32.2 Å². The van der Waals surface area contributed by atoms with Crippen LogP contribution in [-0.2, 0) is 9.59 Å². The van der Waals surface area contributed by atoms with E-state index in [1.165, 1.54) is 24.7 Å². The van der Waals surface area contributed by atoms with Gasteiger partial charge in [0.25, 0.3) is 5.91 Å². The first kappa shape index (κ1) is 13.9. The van der Waals surface area contributed by atoms with Crippen molar-refractivity contribution in [2.75, 3.05) is 11.4 Å². The molecule has 0 unspecified atom stereocenters. The molecule has 110 valence electrons. The third-order valence-electron chi connectivity index (χ3n) is 4.03. The van der Waals surface area contributed by atoms with Crippen LogP contribution in [0.2, 0.25) is 0 Å². The van der Waals surface area contributed by atoms with Crippen molar-refractivity contribution in [1.29, 1.82) is 0 Å². The number of imide groups is 1. The highest BCUT2D eigenvalue weighted by atomic mass is 16.2. The predicted octanol–water partition coefficient (Wildman–Crippen LogP) is 1.52. The molecule has 5 heteroatoms. The van der Waals surface area contributed by atoms with E-state index in [4.69, 9.17) is 0 Å². The second-order valence-electron chi connectivity index (χ2n) is 5.78. The molecular weight excluding hydrogens is 268 g/mol. The first-order chi connectivity index (χ1) is 10.1. The van der Waals surface area contributed by atoms with Crippen LogP contribution >= 0.6 is 0 Å². The van der Waals surface area contributed by atoms with Gasteiger partial charge in [0.2, 0.25) is 5.91 Å². The lowest BCUT2D eigenvalue weighted by Gasteiger charge is -2.15. The molecule has 0 bridgehead atoms. The average Bonchev–Trinajstić information content (AvgIpc) is 3.23. The highest BCUT2D eigenvalue weighted by molar-refractivity contribution is 6.22. The van der Waals surface area contributed by atoms with E-state index in [1.54, 1.807) is 24.3 Å². The van der Waals surface area contributed by atoms with Gasteiger partial charge in [0.05, 0.1) is 18.2 Å². The molecule has 0 radical (unpaired) electrons. The molecule has 1 N–H and O–H groups in total. The summed E-state index contributed by atoms with van der Waals surface area (Å²) in [6.07, 6.45) is 2.62. The molecule has 0 aromatic heterocycles. The first-order valence-corrected chi connectivity index (χ1v) is 7.27. The Labute approximate surface area is 123 Å². The minimum absolute atomic E-state index is 0.0374. The molecule has 1 aliphatic heterocycles. The zero-order valence-electron chi connectivity index (χ0n) is 12.0. The highest BCUT2D eigenvalue weighted by Crippen LogP contribution is 2.29. The molecule has 1 aliphatic carbocycles. The summed E-state index contributed by atoms with van der Waals surface area (Å²) in [6.45, 7) is 2.29. The Bertz CT molecular complexity index is 590. The van der Waals surface area contributed by atoms with Gasteiger partial charge in [-0.1, -0.05) is 0 Å². The van der Waals surface area contributed by atoms with E-state index in [0.29, 0.717) is 17.2 Å². The maximum Gasteiger partial charge on any atom is 0.251 e. The summed E-state index contributed by atoms with van der Waals surface area (Å²) in [5.41, 5.74) is 1.10. The van der Waals surface area contributed by atoms with Crippen LogP contribution in [0.25, 0.3) is 0 Å². The number of amides is 2. The van der Waals surface area contributed by atoms with Crippen molar-refractivity contribution in [3.05, 3.63) is 29.8 Å². The van der Waals surface area contributed by atoms with Gasteiger partial charge < -0.3 is 5.32 Å². The van der Waals surface area contributed by atoms with Crippen molar-refractivity contribution in [3.63, 3.8) is 0 Å². The van der Waals surface area contributed by atoms with E-state index in [1.807, 2.05) is 0 Å². The molecule has 1 heterocycles. The zero-order valence-corrected chi connectivity index (χ0v) is 12.0. The number of hydrogen-bond acceptors (Lipinski definition) is 4. The number of nitrogens with one attached hydrogen (secondary N) is 1. The van der Waals surface area contributed by atoms with Crippen LogP contribution in [0.15, 0.2) is 24.3 Å². The van der Waals surface area contributed by atoms with Gasteiger partial charge in [0.1, 0.15) is 0 Å². The summed E-state index contributed by atoms with van der Waals surface area (Å²) in [5.74, 6) is 0.238. The Kier molecular flexibility index (Phi) is 3.59. The Morgan fingerprint density at radius 3 is 2.48 bits per heavy atom. The van der Waals surface area contributed by atoms with Gasteiger partial charge in [0, 0.05) is 5.56 Å². The molecule has 0 spiro atoms. The van der Waals surface area contributed by atoms with Crippen molar-refractivity contribution in [1.82, 2.24) is 5.32 Å². The molecule has 2 fully saturated rings. The summed E-state index contributed by atoms with van der Waals surface area (Å²) in [5, 5.41) is 3.19. The molecule has 1 aromatic rings. The number of anilines is 1. The van der Waals surface area contributed by atoms with Crippen molar-refractivity contribution in [2.24, 2.45) is 5.92 Å². The number of carbonyl (C=O) groups excluding carboxylic acids is 3. The normalized spacial score (nSPS) is 22.0. The average molecular weight is 286 g/mol. The maximum absolute atomic E-state index is 12.3. The summed E-state index contributed by atoms with van der Waals surface area (Å²) in [4.78, 5) is 36.9. The van der Waals surface area contributed by atoms with E-state index < -0.39 is 6.04 Å². The lowest BCUT2D eigenvalue weighted by Crippen LogP contribution is -2.39. The van der Waals surface area contributed by atoms with Gasteiger partial charge in [-0.3, -0.25) is 14.4 Å². The quantitative estimate of drug-likeness (QED) is 0.658. The van der Waals surface area contributed by atoms with Crippen LogP contribution in [-0.4, -0.2) is 30.2 Å². The molecule has 1 atom stereocenters. The third-order valence-corrected chi connectivity index (χ3v) is 4.03.